The lowest BCUT2D eigenvalue weighted by Crippen LogP contribution is -2.18. The smallest absolute Gasteiger partial charge is 0.123 e. The van der Waals surface area contributed by atoms with E-state index in [0.29, 0.717) is 13.1 Å². The second-order valence-corrected chi connectivity index (χ2v) is 4.45. The standard InChI is InChI=1S/C15H16F2N2/c1-19(15-6-4-13(16)5-7-15)10-12-8-14(17)3-2-11(12)9-18/h2-8H,9-10,18H2,1H3. The van der Waals surface area contributed by atoms with Crippen LogP contribution in [0.2, 0.25) is 0 Å². The maximum Gasteiger partial charge on any atom is 0.123 e. The molecule has 0 atom stereocenters. The van der Waals surface area contributed by atoms with Crippen LogP contribution >= 0.6 is 0 Å². The van der Waals surface area contributed by atoms with Crippen LogP contribution in [0, 0.1) is 11.6 Å². The Labute approximate surface area is 111 Å². The summed E-state index contributed by atoms with van der Waals surface area (Å²) in [5.74, 6) is -0.551. The fraction of sp³-hybridized carbons (Fsp3) is 0.200. The lowest BCUT2D eigenvalue weighted by atomic mass is 10.1. The second kappa shape index (κ2) is 5.80. The molecule has 0 aliphatic heterocycles. The van der Waals surface area contributed by atoms with Crippen molar-refractivity contribution in [2.75, 3.05) is 11.9 Å². The molecule has 0 aliphatic carbocycles. The van der Waals surface area contributed by atoms with Gasteiger partial charge in [-0.1, -0.05) is 6.07 Å². The summed E-state index contributed by atoms with van der Waals surface area (Å²) < 4.78 is 26.1. The highest BCUT2D eigenvalue weighted by Gasteiger charge is 2.07. The van der Waals surface area contributed by atoms with E-state index in [9.17, 15) is 8.78 Å². The molecule has 4 heteroatoms. The third kappa shape index (κ3) is 3.29. The van der Waals surface area contributed by atoms with Crippen molar-refractivity contribution in [1.82, 2.24) is 0 Å². The van der Waals surface area contributed by atoms with Gasteiger partial charge < -0.3 is 10.6 Å². The van der Waals surface area contributed by atoms with Crippen LogP contribution in [0.1, 0.15) is 11.1 Å². The quantitative estimate of drug-likeness (QED) is 0.917. The molecule has 0 amide bonds. The summed E-state index contributed by atoms with van der Waals surface area (Å²) in [5.41, 5.74) is 8.27. The van der Waals surface area contributed by atoms with Crippen LogP contribution < -0.4 is 10.6 Å². The molecule has 0 heterocycles. The monoisotopic (exact) mass is 262 g/mol. The zero-order valence-corrected chi connectivity index (χ0v) is 10.7. The minimum absolute atomic E-state index is 0.273. The van der Waals surface area contributed by atoms with Crippen LogP contribution in [0.15, 0.2) is 42.5 Å². The maximum atomic E-state index is 13.3. The van der Waals surface area contributed by atoms with Gasteiger partial charge in [0.1, 0.15) is 11.6 Å². The van der Waals surface area contributed by atoms with E-state index in [0.717, 1.165) is 16.8 Å². The number of rotatable bonds is 4. The van der Waals surface area contributed by atoms with Crippen molar-refractivity contribution in [3.05, 3.63) is 65.2 Å². The van der Waals surface area contributed by atoms with Gasteiger partial charge in [0, 0.05) is 25.8 Å². The third-order valence-corrected chi connectivity index (χ3v) is 3.06. The van der Waals surface area contributed by atoms with Crippen LogP contribution in [-0.4, -0.2) is 7.05 Å². The first-order chi connectivity index (χ1) is 9.10. The SMILES string of the molecule is CN(Cc1cc(F)ccc1CN)c1ccc(F)cc1. The van der Waals surface area contributed by atoms with E-state index in [1.165, 1.54) is 24.3 Å². The molecule has 0 spiro atoms. The molecular formula is C15H16F2N2. The summed E-state index contributed by atoms with van der Waals surface area (Å²) in [7, 11) is 1.87. The highest BCUT2D eigenvalue weighted by molar-refractivity contribution is 5.46. The number of nitrogens with two attached hydrogens (primary N) is 1. The summed E-state index contributed by atoms with van der Waals surface area (Å²) in [4.78, 5) is 1.92. The normalized spacial score (nSPS) is 10.5. The minimum Gasteiger partial charge on any atom is -0.370 e. The molecule has 0 unspecified atom stereocenters. The van der Waals surface area contributed by atoms with Crippen molar-refractivity contribution in [2.24, 2.45) is 5.73 Å². The van der Waals surface area contributed by atoms with E-state index < -0.39 is 0 Å². The van der Waals surface area contributed by atoms with Gasteiger partial charge in [-0.25, -0.2) is 8.78 Å². The molecule has 0 aliphatic rings. The van der Waals surface area contributed by atoms with Gasteiger partial charge in [-0.2, -0.15) is 0 Å². The summed E-state index contributed by atoms with van der Waals surface area (Å²) in [6.45, 7) is 0.892. The Kier molecular flexibility index (Phi) is 4.12. The Morgan fingerprint density at radius 1 is 0.947 bits per heavy atom. The molecule has 0 aromatic heterocycles. The second-order valence-electron chi connectivity index (χ2n) is 4.45. The number of anilines is 1. The van der Waals surface area contributed by atoms with Crippen LogP contribution in [-0.2, 0) is 13.1 Å². The van der Waals surface area contributed by atoms with Crippen molar-refractivity contribution >= 4 is 5.69 Å². The average Bonchev–Trinajstić information content (AvgIpc) is 2.39. The van der Waals surface area contributed by atoms with E-state index in [-0.39, 0.29) is 11.6 Å². The maximum absolute atomic E-state index is 13.3. The van der Waals surface area contributed by atoms with Gasteiger partial charge in [0.15, 0.2) is 0 Å². The molecule has 2 aromatic rings. The van der Waals surface area contributed by atoms with E-state index in [1.807, 2.05) is 11.9 Å². The summed E-state index contributed by atoms with van der Waals surface area (Å²) in [6.07, 6.45) is 0. The number of halogens is 2. The third-order valence-electron chi connectivity index (χ3n) is 3.06. The molecular weight excluding hydrogens is 246 g/mol. The van der Waals surface area contributed by atoms with Gasteiger partial charge in [0.2, 0.25) is 0 Å². The topological polar surface area (TPSA) is 29.3 Å². The van der Waals surface area contributed by atoms with Crippen LogP contribution in [0.3, 0.4) is 0 Å². The van der Waals surface area contributed by atoms with Crippen molar-refractivity contribution < 1.29 is 8.78 Å². The Hall–Kier alpha value is -1.94. The molecule has 0 bridgehead atoms. The number of nitrogens with zero attached hydrogens (tertiary/aromatic N) is 1. The molecule has 2 N–H and O–H groups in total. The average molecular weight is 262 g/mol. The van der Waals surface area contributed by atoms with Gasteiger partial charge in [-0.15, -0.1) is 0 Å². The fourth-order valence-corrected chi connectivity index (χ4v) is 1.98. The zero-order chi connectivity index (χ0) is 13.8. The first-order valence-corrected chi connectivity index (χ1v) is 6.04. The van der Waals surface area contributed by atoms with Gasteiger partial charge in [-0.3, -0.25) is 0 Å². The van der Waals surface area contributed by atoms with Crippen molar-refractivity contribution in [3.63, 3.8) is 0 Å². The van der Waals surface area contributed by atoms with Crippen LogP contribution in [0.4, 0.5) is 14.5 Å². The molecule has 2 rings (SSSR count). The molecule has 0 saturated carbocycles. The van der Waals surface area contributed by atoms with E-state index in [2.05, 4.69) is 0 Å². The van der Waals surface area contributed by atoms with E-state index >= 15 is 0 Å². The minimum atomic E-state index is -0.278. The molecule has 2 aromatic carbocycles. The van der Waals surface area contributed by atoms with Crippen molar-refractivity contribution in [1.29, 1.82) is 0 Å². The van der Waals surface area contributed by atoms with Gasteiger partial charge in [-0.05, 0) is 47.5 Å². The van der Waals surface area contributed by atoms with Gasteiger partial charge in [0.25, 0.3) is 0 Å². The molecule has 100 valence electrons. The predicted octanol–water partition coefficient (Wildman–Crippen LogP) is 3.06. The van der Waals surface area contributed by atoms with E-state index in [1.54, 1.807) is 18.2 Å². The molecule has 19 heavy (non-hydrogen) atoms. The largest absolute Gasteiger partial charge is 0.370 e. The first kappa shape index (κ1) is 13.5. The number of hydrogen-bond donors (Lipinski definition) is 1. The fourth-order valence-electron chi connectivity index (χ4n) is 1.98. The number of hydrogen-bond acceptors (Lipinski definition) is 2. The van der Waals surface area contributed by atoms with Crippen LogP contribution in [0.25, 0.3) is 0 Å². The van der Waals surface area contributed by atoms with E-state index in [4.69, 9.17) is 5.73 Å². The van der Waals surface area contributed by atoms with Crippen molar-refractivity contribution in [3.8, 4) is 0 Å². The Morgan fingerprint density at radius 3 is 2.21 bits per heavy atom. The molecule has 0 radical (unpaired) electrons. The van der Waals surface area contributed by atoms with Crippen LogP contribution in [0.5, 0.6) is 0 Å². The van der Waals surface area contributed by atoms with Gasteiger partial charge in [0.05, 0.1) is 0 Å². The zero-order valence-electron chi connectivity index (χ0n) is 10.7. The summed E-state index contributed by atoms with van der Waals surface area (Å²) >= 11 is 0. The Bertz CT molecular complexity index is 553. The molecule has 0 fully saturated rings. The summed E-state index contributed by atoms with van der Waals surface area (Å²) in [6, 6.07) is 10.8. The highest BCUT2D eigenvalue weighted by Crippen LogP contribution is 2.18. The molecule has 0 saturated heterocycles. The summed E-state index contributed by atoms with van der Waals surface area (Å²) in [5, 5.41) is 0. The predicted molar refractivity (Wildman–Crippen MR) is 72.8 cm³/mol. The number of benzene rings is 2. The lowest BCUT2D eigenvalue weighted by Gasteiger charge is -2.21. The van der Waals surface area contributed by atoms with Gasteiger partial charge >= 0.3 is 0 Å². The van der Waals surface area contributed by atoms with Crippen molar-refractivity contribution in [2.45, 2.75) is 13.1 Å². The highest BCUT2D eigenvalue weighted by atomic mass is 19.1. The molecule has 2 nitrogen and oxygen atoms in total. The first-order valence-electron chi connectivity index (χ1n) is 6.04. The Morgan fingerprint density at radius 2 is 1.58 bits per heavy atom. The lowest BCUT2D eigenvalue weighted by molar-refractivity contribution is 0.623. The Balaban J connectivity index is 2.20.